The molecule has 2 N–H and O–H groups in total. The number of rotatable bonds is 4. The molecule has 0 amide bonds. The van der Waals surface area contributed by atoms with E-state index in [0.717, 1.165) is 11.0 Å². The number of aromatic nitrogens is 1. The minimum absolute atomic E-state index is 0.495. The number of hydrogen-bond acceptors (Lipinski definition) is 4. The van der Waals surface area contributed by atoms with Gasteiger partial charge in [0.1, 0.15) is 6.61 Å². The first kappa shape index (κ1) is 11.3. The highest BCUT2D eigenvalue weighted by Gasteiger charge is 2.02. The van der Waals surface area contributed by atoms with Gasteiger partial charge in [-0.15, -0.1) is 0 Å². The van der Waals surface area contributed by atoms with E-state index in [0.29, 0.717) is 18.2 Å². The first-order chi connectivity index (χ1) is 6.59. The minimum Gasteiger partial charge on any atom is -0.475 e. The molecule has 14 heavy (non-hydrogen) atoms. The Kier molecular flexibility index (Phi) is 4.16. The van der Waals surface area contributed by atoms with Crippen molar-refractivity contribution in [2.45, 2.75) is 0 Å². The van der Waals surface area contributed by atoms with Gasteiger partial charge in [0.2, 0.25) is 5.88 Å². The van der Waals surface area contributed by atoms with Crippen LogP contribution < -0.4 is 10.5 Å². The van der Waals surface area contributed by atoms with Gasteiger partial charge in [-0.05, 0) is 36.1 Å². The van der Waals surface area contributed by atoms with Gasteiger partial charge in [0.05, 0.1) is 5.69 Å². The average molecular weight is 260 g/mol. The third-order valence-electron chi connectivity index (χ3n) is 1.62. The van der Waals surface area contributed by atoms with Crippen molar-refractivity contribution in [3.63, 3.8) is 0 Å². The first-order valence-corrected chi connectivity index (χ1v) is 5.07. The van der Waals surface area contributed by atoms with E-state index in [-0.39, 0.29) is 0 Å². The molecule has 5 heteroatoms. The number of nitrogens with two attached hydrogens (primary N) is 1. The van der Waals surface area contributed by atoms with E-state index in [1.807, 2.05) is 19.0 Å². The lowest BCUT2D eigenvalue weighted by molar-refractivity contribution is 0.255. The van der Waals surface area contributed by atoms with E-state index in [1.54, 1.807) is 12.3 Å². The number of nitrogens with zero attached hydrogens (tertiary/aromatic N) is 2. The van der Waals surface area contributed by atoms with Crippen molar-refractivity contribution in [2.24, 2.45) is 0 Å². The summed E-state index contributed by atoms with van der Waals surface area (Å²) in [6.07, 6.45) is 1.67. The molecular formula is C9H14BrN3O. The van der Waals surface area contributed by atoms with Crippen molar-refractivity contribution in [1.29, 1.82) is 0 Å². The molecule has 0 spiro atoms. The zero-order valence-electron chi connectivity index (χ0n) is 8.33. The SMILES string of the molecule is CN(C)CCOc1ncc(Br)cc1N. The second-order valence-electron chi connectivity index (χ2n) is 3.20. The molecule has 0 unspecified atom stereocenters. The van der Waals surface area contributed by atoms with Crippen LogP contribution in [-0.4, -0.2) is 37.1 Å². The third-order valence-corrected chi connectivity index (χ3v) is 2.06. The molecule has 0 saturated heterocycles. The summed E-state index contributed by atoms with van der Waals surface area (Å²) in [7, 11) is 3.98. The fraction of sp³-hybridized carbons (Fsp3) is 0.444. The van der Waals surface area contributed by atoms with Crippen LogP contribution >= 0.6 is 15.9 Å². The predicted octanol–water partition coefficient (Wildman–Crippen LogP) is 1.37. The van der Waals surface area contributed by atoms with Gasteiger partial charge in [-0.25, -0.2) is 4.98 Å². The van der Waals surface area contributed by atoms with Crippen LogP contribution in [0.25, 0.3) is 0 Å². The van der Waals surface area contributed by atoms with Crippen LogP contribution in [0.5, 0.6) is 5.88 Å². The Hall–Kier alpha value is -0.810. The average Bonchev–Trinajstić information content (AvgIpc) is 2.08. The molecule has 0 bridgehead atoms. The van der Waals surface area contributed by atoms with Gasteiger partial charge in [-0.1, -0.05) is 0 Å². The number of likely N-dealkylation sites (N-methyl/N-ethyl adjacent to an activating group) is 1. The molecule has 0 aromatic carbocycles. The van der Waals surface area contributed by atoms with E-state index < -0.39 is 0 Å². The predicted molar refractivity (Wildman–Crippen MR) is 60.4 cm³/mol. The summed E-state index contributed by atoms with van der Waals surface area (Å²) in [5, 5.41) is 0. The zero-order chi connectivity index (χ0) is 10.6. The van der Waals surface area contributed by atoms with E-state index in [9.17, 15) is 0 Å². The summed E-state index contributed by atoms with van der Waals surface area (Å²) >= 11 is 3.28. The van der Waals surface area contributed by atoms with Crippen LogP contribution in [0.2, 0.25) is 0 Å². The van der Waals surface area contributed by atoms with Crippen LogP contribution in [0.4, 0.5) is 5.69 Å². The van der Waals surface area contributed by atoms with Gasteiger partial charge in [0.25, 0.3) is 0 Å². The van der Waals surface area contributed by atoms with Gasteiger partial charge in [0.15, 0.2) is 0 Å². The molecule has 1 aromatic heterocycles. The van der Waals surface area contributed by atoms with Gasteiger partial charge in [-0.3, -0.25) is 0 Å². The number of hydrogen-bond donors (Lipinski definition) is 1. The quantitative estimate of drug-likeness (QED) is 0.888. The van der Waals surface area contributed by atoms with E-state index >= 15 is 0 Å². The monoisotopic (exact) mass is 259 g/mol. The largest absolute Gasteiger partial charge is 0.475 e. The Morgan fingerprint density at radius 2 is 2.29 bits per heavy atom. The zero-order valence-corrected chi connectivity index (χ0v) is 9.91. The lowest BCUT2D eigenvalue weighted by atomic mass is 10.4. The third kappa shape index (κ3) is 3.51. The number of halogens is 1. The molecule has 78 valence electrons. The van der Waals surface area contributed by atoms with Crippen molar-refractivity contribution in [3.05, 3.63) is 16.7 Å². The van der Waals surface area contributed by atoms with Gasteiger partial charge >= 0.3 is 0 Å². The normalized spacial score (nSPS) is 10.6. The first-order valence-electron chi connectivity index (χ1n) is 4.28. The van der Waals surface area contributed by atoms with Crippen molar-refractivity contribution >= 4 is 21.6 Å². The Labute approximate surface area is 92.2 Å². The maximum atomic E-state index is 5.71. The number of pyridine rings is 1. The molecule has 0 aliphatic rings. The second-order valence-corrected chi connectivity index (χ2v) is 4.12. The van der Waals surface area contributed by atoms with Gasteiger partial charge in [-0.2, -0.15) is 0 Å². The Balaban J connectivity index is 2.51. The molecule has 0 fully saturated rings. The summed E-state index contributed by atoms with van der Waals surface area (Å²) < 4.78 is 6.26. The molecule has 0 radical (unpaired) electrons. The molecule has 0 atom stereocenters. The summed E-state index contributed by atoms with van der Waals surface area (Å²) in [5.74, 6) is 0.495. The van der Waals surface area contributed by atoms with Gasteiger partial charge in [0, 0.05) is 17.2 Å². The fourth-order valence-electron chi connectivity index (χ4n) is 0.888. The maximum Gasteiger partial charge on any atom is 0.237 e. The van der Waals surface area contributed by atoms with Crippen molar-refractivity contribution in [1.82, 2.24) is 9.88 Å². The lowest BCUT2D eigenvalue weighted by Crippen LogP contribution is -2.20. The highest BCUT2D eigenvalue weighted by molar-refractivity contribution is 9.10. The van der Waals surface area contributed by atoms with Gasteiger partial charge < -0.3 is 15.4 Å². The Morgan fingerprint density at radius 3 is 2.86 bits per heavy atom. The standard InChI is InChI=1S/C9H14BrN3O/c1-13(2)3-4-14-9-8(11)5-7(10)6-12-9/h5-6H,3-4,11H2,1-2H3. The highest BCUT2D eigenvalue weighted by atomic mass is 79.9. The van der Waals surface area contributed by atoms with Crippen LogP contribution in [0.1, 0.15) is 0 Å². The van der Waals surface area contributed by atoms with E-state index in [2.05, 4.69) is 20.9 Å². The molecule has 0 aliphatic carbocycles. The molecule has 1 heterocycles. The summed E-state index contributed by atoms with van der Waals surface area (Å²) in [5.41, 5.74) is 6.26. The van der Waals surface area contributed by atoms with E-state index in [4.69, 9.17) is 10.5 Å². The highest BCUT2D eigenvalue weighted by Crippen LogP contribution is 2.21. The molecule has 0 saturated carbocycles. The molecular weight excluding hydrogens is 246 g/mol. The maximum absolute atomic E-state index is 5.71. The summed E-state index contributed by atoms with van der Waals surface area (Å²) in [4.78, 5) is 6.10. The summed E-state index contributed by atoms with van der Waals surface area (Å²) in [6, 6.07) is 1.78. The molecule has 1 aromatic rings. The van der Waals surface area contributed by atoms with E-state index in [1.165, 1.54) is 0 Å². The van der Waals surface area contributed by atoms with Crippen LogP contribution in [0, 0.1) is 0 Å². The summed E-state index contributed by atoms with van der Waals surface area (Å²) in [6.45, 7) is 1.43. The van der Waals surface area contributed by atoms with Crippen molar-refractivity contribution < 1.29 is 4.74 Å². The molecule has 0 aliphatic heterocycles. The number of anilines is 1. The topological polar surface area (TPSA) is 51.4 Å². The number of ether oxygens (including phenoxy) is 1. The van der Waals surface area contributed by atoms with Crippen molar-refractivity contribution in [3.8, 4) is 5.88 Å². The van der Waals surface area contributed by atoms with Crippen LogP contribution in [0.3, 0.4) is 0 Å². The van der Waals surface area contributed by atoms with Crippen LogP contribution in [-0.2, 0) is 0 Å². The second kappa shape index (κ2) is 5.17. The Morgan fingerprint density at radius 1 is 1.57 bits per heavy atom. The lowest BCUT2D eigenvalue weighted by Gasteiger charge is -2.11. The van der Waals surface area contributed by atoms with Crippen LogP contribution in [0.15, 0.2) is 16.7 Å². The molecule has 4 nitrogen and oxygen atoms in total. The van der Waals surface area contributed by atoms with Crippen molar-refractivity contribution in [2.75, 3.05) is 33.0 Å². The minimum atomic E-state index is 0.495. The smallest absolute Gasteiger partial charge is 0.237 e. The number of nitrogen functional groups attached to an aromatic ring is 1. The fourth-order valence-corrected chi connectivity index (χ4v) is 1.24. The molecule has 1 rings (SSSR count). The Bertz CT molecular complexity index is 304.